The van der Waals surface area contributed by atoms with E-state index in [2.05, 4.69) is 0 Å². The van der Waals surface area contributed by atoms with Gasteiger partial charge in [0.05, 0.1) is 11.1 Å². The van der Waals surface area contributed by atoms with Gasteiger partial charge in [-0.05, 0) is 24.6 Å². The van der Waals surface area contributed by atoms with E-state index in [1.54, 1.807) is 0 Å². The third-order valence-electron chi connectivity index (χ3n) is 2.10. The highest BCUT2D eigenvalue weighted by molar-refractivity contribution is 7.93. The van der Waals surface area contributed by atoms with Gasteiger partial charge in [0.15, 0.2) is 0 Å². The van der Waals surface area contributed by atoms with E-state index in [0.717, 1.165) is 6.92 Å². The molecule has 0 unspecified atom stereocenters. The Morgan fingerprint density at radius 3 is 1.53 bits per heavy atom. The van der Waals surface area contributed by atoms with Crippen molar-refractivity contribution in [1.29, 1.82) is 0 Å². The summed E-state index contributed by atoms with van der Waals surface area (Å²) in [6.07, 6.45) is -9.79. The predicted octanol–water partition coefficient (Wildman–Crippen LogP) is 4.60. The van der Waals surface area contributed by atoms with E-state index in [9.17, 15) is 26.3 Å². The fraction of sp³-hybridized carbons (Fsp3) is 0.333. The molecule has 0 amide bonds. The monoisotopic (exact) mass is 276 g/mol. The molecule has 0 bridgehead atoms. The summed E-state index contributed by atoms with van der Waals surface area (Å²) >= 11 is -0.162. The van der Waals surface area contributed by atoms with Crippen molar-refractivity contribution in [3.8, 4) is 0 Å². The van der Waals surface area contributed by atoms with Gasteiger partial charge in [-0.3, -0.25) is 0 Å². The molecule has 0 saturated carbocycles. The zero-order chi connectivity index (χ0) is 13.4. The second kappa shape index (κ2) is 4.41. The van der Waals surface area contributed by atoms with Crippen molar-refractivity contribution in [1.82, 2.24) is 0 Å². The SMILES string of the molecule is Cc1c(C(F)(F)F)cc(SO)cc1C(F)(F)F. The van der Waals surface area contributed by atoms with Gasteiger partial charge in [0.1, 0.15) is 0 Å². The highest BCUT2D eigenvalue weighted by atomic mass is 32.2. The molecule has 1 rings (SSSR count). The minimum Gasteiger partial charge on any atom is -0.325 e. The van der Waals surface area contributed by atoms with E-state index in [0.29, 0.717) is 12.1 Å². The Morgan fingerprint density at radius 1 is 0.941 bits per heavy atom. The van der Waals surface area contributed by atoms with Crippen molar-refractivity contribution in [2.75, 3.05) is 0 Å². The van der Waals surface area contributed by atoms with Crippen LogP contribution >= 0.6 is 12.0 Å². The second-order valence-electron chi connectivity index (χ2n) is 3.23. The number of rotatable bonds is 1. The molecule has 0 atom stereocenters. The number of hydrogen-bond donors (Lipinski definition) is 1. The third-order valence-corrected chi connectivity index (χ3v) is 2.54. The molecule has 0 fully saturated rings. The highest BCUT2D eigenvalue weighted by Gasteiger charge is 2.39. The van der Waals surface area contributed by atoms with Crippen LogP contribution in [0.3, 0.4) is 0 Å². The lowest BCUT2D eigenvalue weighted by Gasteiger charge is -2.17. The molecule has 0 saturated heterocycles. The van der Waals surface area contributed by atoms with E-state index < -0.39 is 33.9 Å². The molecular formula is C9H6F6OS. The first-order chi connectivity index (χ1) is 7.57. The maximum atomic E-state index is 12.5. The lowest BCUT2D eigenvalue weighted by atomic mass is 10.0. The lowest BCUT2D eigenvalue weighted by Crippen LogP contribution is -2.14. The summed E-state index contributed by atoms with van der Waals surface area (Å²) in [4.78, 5) is -0.504. The molecular weight excluding hydrogens is 270 g/mol. The quantitative estimate of drug-likeness (QED) is 0.597. The van der Waals surface area contributed by atoms with E-state index in [1.165, 1.54) is 0 Å². The number of hydrogen-bond acceptors (Lipinski definition) is 2. The Kier molecular flexibility index (Phi) is 3.68. The fourth-order valence-electron chi connectivity index (χ4n) is 1.33. The predicted molar refractivity (Wildman–Crippen MR) is 49.7 cm³/mol. The van der Waals surface area contributed by atoms with Gasteiger partial charge in [0, 0.05) is 16.9 Å². The molecule has 0 aliphatic heterocycles. The Labute approximate surface area is 96.6 Å². The van der Waals surface area contributed by atoms with Gasteiger partial charge in [0.25, 0.3) is 0 Å². The van der Waals surface area contributed by atoms with Gasteiger partial charge in [0.2, 0.25) is 0 Å². The summed E-state index contributed by atoms with van der Waals surface area (Å²) in [5, 5.41) is 0. The summed E-state index contributed by atoms with van der Waals surface area (Å²) in [6.45, 7) is 0.747. The zero-order valence-corrected chi connectivity index (χ0v) is 9.09. The van der Waals surface area contributed by atoms with Gasteiger partial charge < -0.3 is 4.55 Å². The fourth-order valence-corrected chi connectivity index (χ4v) is 1.67. The summed E-state index contributed by atoms with van der Waals surface area (Å²) in [6, 6.07) is 0.963. The third kappa shape index (κ3) is 3.06. The van der Waals surface area contributed by atoms with Crippen LogP contribution in [-0.4, -0.2) is 4.55 Å². The minimum absolute atomic E-state index is 0.162. The highest BCUT2D eigenvalue weighted by Crippen LogP contribution is 2.41. The summed E-state index contributed by atoms with van der Waals surface area (Å²) < 4.78 is 83.4. The van der Waals surface area contributed by atoms with Crippen molar-refractivity contribution in [2.24, 2.45) is 0 Å². The minimum atomic E-state index is -4.89. The Balaban J connectivity index is 3.53. The molecule has 0 radical (unpaired) electrons. The van der Waals surface area contributed by atoms with Crippen molar-refractivity contribution in [3.05, 3.63) is 28.8 Å². The average molecular weight is 276 g/mol. The van der Waals surface area contributed by atoms with Crippen LogP contribution < -0.4 is 0 Å². The van der Waals surface area contributed by atoms with Crippen molar-refractivity contribution in [2.45, 2.75) is 24.2 Å². The molecule has 0 aromatic heterocycles. The number of benzene rings is 1. The van der Waals surface area contributed by atoms with E-state index in [1.807, 2.05) is 0 Å². The van der Waals surface area contributed by atoms with Crippen molar-refractivity contribution >= 4 is 12.0 Å². The second-order valence-corrected chi connectivity index (χ2v) is 3.88. The number of halogens is 6. The van der Waals surface area contributed by atoms with Crippen LogP contribution in [-0.2, 0) is 12.4 Å². The van der Waals surface area contributed by atoms with Crippen LogP contribution in [0, 0.1) is 6.92 Å². The first-order valence-electron chi connectivity index (χ1n) is 4.18. The molecule has 1 nitrogen and oxygen atoms in total. The van der Waals surface area contributed by atoms with Crippen LogP contribution in [0.15, 0.2) is 17.0 Å². The smallest absolute Gasteiger partial charge is 0.325 e. The summed E-state index contributed by atoms with van der Waals surface area (Å²) in [7, 11) is 0. The molecule has 1 aromatic carbocycles. The molecule has 0 heterocycles. The Bertz CT molecular complexity index is 387. The van der Waals surface area contributed by atoms with Gasteiger partial charge >= 0.3 is 12.4 Å². The van der Waals surface area contributed by atoms with Crippen LogP contribution in [0.5, 0.6) is 0 Å². The van der Waals surface area contributed by atoms with E-state index in [4.69, 9.17) is 4.55 Å². The van der Waals surface area contributed by atoms with Crippen molar-refractivity contribution < 1.29 is 30.9 Å². The molecule has 0 aliphatic rings. The molecule has 1 aromatic rings. The van der Waals surface area contributed by atoms with Crippen LogP contribution in [0.1, 0.15) is 16.7 Å². The number of alkyl halides is 6. The van der Waals surface area contributed by atoms with Crippen LogP contribution in [0.2, 0.25) is 0 Å². The average Bonchev–Trinajstić information content (AvgIpc) is 2.14. The molecule has 0 aliphatic carbocycles. The molecule has 0 spiro atoms. The first-order valence-corrected chi connectivity index (χ1v) is 4.95. The molecule has 96 valence electrons. The van der Waals surface area contributed by atoms with Gasteiger partial charge in [-0.2, -0.15) is 26.3 Å². The topological polar surface area (TPSA) is 20.2 Å². The van der Waals surface area contributed by atoms with Gasteiger partial charge in [-0.1, -0.05) is 0 Å². The Hall–Kier alpha value is -0.890. The van der Waals surface area contributed by atoms with Crippen molar-refractivity contribution in [3.63, 3.8) is 0 Å². The van der Waals surface area contributed by atoms with Crippen LogP contribution in [0.25, 0.3) is 0 Å². The Morgan fingerprint density at radius 2 is 1.29 bits per heavy atom. The standard InChI is InChI=1S/C9H6F6OS/c1-4-6(8(10,11)12)2-5(17-16)3-7(4)9(13,14)15/h2-3,16H,1H3. The van der Waals surface area contributed by atoms with Gasteiger partial charge in [-0.25, -0.2) is 0 Å². The first kappa shape index (κ1) is 14.2. The molecule has 1 N–H and O–H groups in total. The largest absolute Gasteiger partial charge is 0.416 e. The van der Waals surface area contributed by atoms with E-state index >= 15 is 0 Å². The van der Waals surface area contributed by atoms with Crippen LogP contribution in [0.4, 0.5) is 26.3 Å². The van der Waals surface area contributed by atoms with E-state index in [-0.39, 0.29) is 12.0 Å². The maximum absolute atomic E-state index is 12.5. The lowest BCUT2D eigenvalue weighted by molar-refractivity contribution is -0.144. The summed E-state index contributed by atoms with van der Waals surface area (Å²) in [5.74, 6) is 0. The molecule has 17 heavy (non-hydrogen) atoms. The normalized spacial score (nSPS) is 12.9. The zero-order valence-electron chi connectivity index (χ0n) is 8.28. The molecule has 8 heteroatoms. The maximum Gasteiger partial charge on any atom is 0.416 e. The van der Waals surface area contributed by atoms with Gasteiger partial charge in [-0.15, -0.1) is 0 Å². The summed E-state index contributed by atoms with van der Waals surface area (Å²) in [5.41, 5.74) is -3.70.